The second-order valence-electron chi connectivity index (χ2n) is 7.11. The van der Waals surface area contributed by atoms with Gasteiger partial charge in [-0.2, -0.15) is 0 Å². The number of rotatable bonds is 8. The number of carbonyl (C=O) groups excluding carboxylic acids is 1. The predicted molar refractivity (Wildman–Crippen MR) is 106 cm³/mol. The van der Waals surface area contributed by atoms with E-state index in [-0.39, 0.29) is 12.0 Å². The number of amides is 1. The summed E-state index contributed by atoms with van der Waals surface area (Å²) in [5.41, 5.74) is 1.19. The summed E-state index contributed by atoms with van der Waals surface area (Å²) in [5, 5.41) is 0. The molecular formula is C22H28N2O3. The summed E-state index contributed by atoms with van der Waals surface area (Å²) in [7, 11) is 3.45. The molecule has 1 aromatic carbocycles. The van der Waals surface area contributed by atoms with E-state index in [1.165, 1.54) is 10.5 Å². The van der Waals surface area contributed by atoms with Crippen molar-refractivity contribution in [3.63, 3.8) is 0 Å². The highest BCUT2D eigenvalue weighted by atomic mass is 16.5. The highest BCUT2D eigenvalue weighted by molar-refractivity contribution is 5.91. The number of hydrogen-bond acceptors (Lipinski definition) is 4. The molecule has 1 aliphatic rings. The summed E-state index contributed by atoms with van der Waals surface area (Å²) < 4.78 is 11.6. The summed E-state index contributed by atoms with van der Waals surface area (Å²) in [4.78, 5) is 15.9. The van der Waals surface area contributed by atoms with Gasteiger partial charge in [0, 0.05) is 33.8 Å². The fourth-order valence-electron chi connectivity index (χ4n) is 3.20. The van der Waals surface area contributed by atoms with Crippen molar-refractivity contribution < 1.29 is 13.9 Å². The first-order valence-electron chi connectivity index (χ1n) is 9.48. The maximum absolute atomic E-state index is 12.0. The van der Waals surface area contributed by atoms with E-state index in [9.17, 15) is 4.79 Å². The Morgan fingerprint density at radius 2 is 2.00 bits per heavy atom. The maximum atomic E-state index is 12.0. The van der Waals surface area contributed by atoms with Gasteiger partial charge in [-0.05, 0) is 30.5 Å². The zero-order valence-corrected chi connectivity index (χ0v) is 16.1. The van der Waals surface area contributed by atoms with Crippen LogP contribution in [0.1, 0.15) is 34.7 Å². The van der Waals surface area contributed by atoms with Gasteiger partial charge in [-0.1, -0.05) is 42.5 Å². The molecule has 0 N–H and O–H groups in total. The molecule has 0 bridgehead atoms. The van der Waals surface area contributed by atoms with Crippen LogP contribution in [0.15, 0.2) is 53.0 Å². The Morgan fingerprint density at radius 1 is 1.19 bits per heavy atom. The predicted octanol–water partition coefficient (Wildman–Crippen LogP) is 3.68. The van der Waals surface area contributed by atoms with Gasteiger partial charge in [0.1, 0.15) is 5.76 Å². The Bertz CT molecular complexity index is 746. The second kappa shape index (κ2) is 9.53. The summed E-state index contributed by atoms with van der Waals surface area (Å²) in [6, 6.07) is 13.9. The number of hydrogen-bond donors (Lipinski definition) is 0. The zero-order valence-electron chi connectivity index (χ0n) is 16.1. The minimum atomic E-state index is -0.115. The van der Waals surface area contributed by atoms with Gasteiger partial charge in [0.15, 0.2) is 5.76 Å². The van der Waals surface area contributed by atoms with Crippen LogP contribution in [-0.4, -0.2) is 55.6 Å². The van der Waals surface area contributed by atoms with Crippen LogP contribution in [0, 0.1) is 0 Å². The lowest BCUT2D eigenvalue weighted by Crippen LogP contribution is -2.32. The van der Waals surface area contributed by atoms with Crippen LogP contribution in [0.2, 0.25) is 0 Å². The summed E-state index contributed by atoms with van der Waals surface area (Å²) in [5.74, 6) is 1.06. The molecule has 1 aromatic heterocycles. The Morgan fingerprint density at radius 3 is 2.70 bits per heavy atom. The molecule has 0 radical (unpaired) electrons. The van der Waals surface area contributed by atoms with Gasteiger partial charge in [0.2, 0.25) is 0 Å². The van der Waals surface area contributed by atoms with Crippen LogP contribution in [0.25, 0.3) is 6.08 Å². The van der Waals surface area contributed by atoms with Crippen LogP contribution >= 0.6 is 0 Å². The van der Waals surface area contributed by atoms with Crippen molar-refractivity contribution in [2.24, 2.45) is 0 Å². The first-order valence-corrected chi connectivity index (χ1v) is 9.48. The van der Waals surface area contributed by atoms with Crippen molar-refractivity contribution in [3.8, 4) is 0 Å². The molecule has 144 valence electrons. The fourth-order valence-corrected chi connectivity index (χ4v) is 3.20. The number of benzene rings is 1. The van der Waals surface area contributed by atoms with Gasteiger partial charge in [0.05, 0.1) is 12.6 Å². The topological polar surface area (TPSA) is 45.9 Å². The molecule has 1 saturated heterocycles. The lowest BCUT2D eigenvalue weighted by Gasteiger charge is -2.23. The van der Waals surface area contributed by atoms with E-state index in [0.717, 1.165) is 38.3 Å². The molecule has 1 amide bonds. The molecule has 27 heavy (non-hydrogen) atoms. The summed E-state index contributed by atoms with van der Waals surface area (Å²) in [6.07, 6.45) is 6.79. The van der Waals surface area contributed by atoms with E-state index in [1.807, 2.05) is 24.3 Å². The molecular weight excluding hydrogens is 340 g/mol. The molecule has 1 atom stereocenters. The van der Waals surface area contributed by atoms with Crippen LogP contribution in [0.5, 0.6) is 0 Å². The molecule has 1 aliphatic heterocycles. The van der Waals surface area contributed by atoms with Crippen molar-refractivity contribution in [1.29, 1.82) is 0 Å². The number of furan rings is 1. The average molecular weight is 368 g/mol. The monoisotopic (exact) mass is 368 g/mol. The largest absolute Gasteiger partial charge is 0.455 e. The lowest BCUT2D eigenvalue weighted by molar-refractivity contribution is 0.0712. The quantitative estimate of drug-likeness (QED) is 0.713. The Kier molecular flexibility index (Phi) is 6.85. The Hall–Kier alpha value is -2.37. The van der Waals surface area contributed by atoms with Gasteiger partial charge in [-0.25, -0.2) is 0 Å². The SMILES string of the molecule is CN(C)C(=O)c1ccc(CN(C/C=C/c2ccccc2)CC2CCCO2)o1. The van der Waals surface area contributed by atoms with E-state index < -0.39 is 0 Å². The number of carbonyl (C=O) groups is 1. The minimum absolute atomic E-state index is 0.115. The molecule has 2 heterocycles. The average Bonchev–Trinajstić information content (AvgIpc) is 3.34. The van der Waals surface area contributed by atoms with Crippen molar-refractivity contribution in [2.75, 3.05) is 33.8 Å². The van der Waals surface area contributed by atoms with Crippen LogP contribution in [0.4, 0.5) is 0 Å². The van der Waals surface area contributed by atoms with E-state index in [2.05, 4.69) is 29.2 Å². The molecule has 0 spiro atoms. The summed E-state index contributed by atoms with van der Waals surface area (Å²) in [6.45, 7) is 3.16. The highest BCUT2D eigenvalue weighted by Crippen LogP contribution is 2.17. The first-order chi connectivity index (χ1) is 13.1. The summed E-state index contributed by atoms with van der Waals surface area (Å²) >= 11 is 0. The normalized spacial score (nSPS) is 17.1. The van der Waals surface area contributed by atoms with Crippen molar-refractivity contribution in [3.05, 3.63) is 65.6 Å². The van der Waals surface area contributed by atoms with Gasteiger partial charge < -0.3 is 14.1 Å². The zero-order chi connectivity index (χ0) is 19.1. The van der Waals surface area contributed by atoms with E-state index in [0.29, 0.717) is 12.3 Å². The van der Waals surface area contributed by atoms with Crippen LogP contribution < -0.4 is 0 Å². The van der Waals surface area contributed by atoms with Gasteiger partial charge in [-0.15, -0.1) is 0 Å². The number of nitrogens with zero attached hydrogens (tertiary/aromatic N) is 2. The van der Waals surface area contributed by atoms with E-state index in [1.54, 1.807) is 20.2 Å². The lowest BCUT2D eigenvalue weighted by atomic mass is 10.2. The van der Waals surface area contributed by atoms with E-state index in [4.69, 9.17) is 9.15 Å². The van der Waals surface area contributed by atoms with E-state index >= 15 is 0 Å². The molecule has 3 rings (SSSR count). The molecule has 0 aliphatic carbocycles. The molecule has 2 aromatic rings. The molecule has 5 nitrogen and oxygen atoms in total. The Balaban J connectivity index is 1.64. The second-order valence-corrected chi connectivity index (χ2v) is 7.11. The van der Waals surface area contributed by atoms with Gasteiger partial charge >= 0.3 is 0 Å². The number of ether oxygens (including phenoxy) is 1. The molecule has 1 unspecified atom stereocenters. The standard InChI is InChI=1S/C22H28N2O3/c1-23(2)22(25)21-13-12-20(27-21)17-24(16-19-11-7-15-26-19)14-6-10-18-8-4-3-5-9-18/h3-6,8-10,12-13,19H,7,11,14-17H2,1-2H3/b10-6+. The molecule has 1 fully saturated rings. The molecule has 0 saturated carbocycles. The first kappa shape index (κ1) is 19.4. The van der Waals surface area contributed by atoms with Crippen molar-refractivity contribution >= 4 is 12.0 Å². The van der Waals surface area contributed by atoms with Crippen molar-refractivity contribution in [2.45, 2.75) is 25.5 Å². The van der Waals surface area contributed by atoms with Crippen LogP contribution in [-0.2, 0) is 11.3 Å². The maximum Gasteiger partial charge on any atom is 0.289 e. The fraction of sp³-hybridized carbons (Fsp3) is 0.409. The third kappa shape index (κ3) is 5.81. The van der Waals surface area contributed by atoms with Crippen LogP contribution in [0.3, 0.4) is 0 Å². The highest BCUT2D eigenvalue weighted by Gasteiger charge is 2.20. The molecule has 5 heteroatoms. The van der Waals surface area contributed by atoms with Crippen molar-refractivity contribution in [1.82, 2.24) is 9.80 Å². The smallest absolute Gasteiger partial charge is 0.289 e. The minimum Gasteiger partial charge on any atom is -0.455 e. The van der Waals surface area contributed by atoms with Gasteiger partial charge in [0.25, 0.3) is 5.91 Å². The third-order valence-corrected chi connectivity index (χ3v) is 4.62. The third-order valence-electron chi connectivity index (χ3n) is 4.62. The van der Waals surface area contributed by atoms with Gasteiger partial charge in [-0.3, -0.25) is 9.69 Å². The Labute approximate surface area is 161 Å².